The Bertz CT molecular complexity index is 360. The van der Waals surface area contributed by atoms with Crippen molar-refractivity contribution in [3.05, 3.63) is 36.5 Å². The van der Waals surface area contributed by atoms with Crippen molar-refractivity contribution in [2.75, 3.05) is 13.6 Å². The number of hydrogen-bond donors (Lipinski definition) is 0. The minimum atomic E-state index is 0.399. The molecule has 0 rings (SSSR count). The second-order valence-corrected chi connectivity index (χ2v) is 7.72. The Morgan fingerprint density at radius 1 is 1.22 bits per heavy atom. The predicted molar refractivity (Wildman–Crippen MR) is 109 cm³/mol. The predicted octanol–water partition coefficient (Wildman–Crippen LogP) is 6.87. The second-order valence-electron chi connectivity index (χ2n) is 7.72. The molecule has 0 unspecified atom stereocenters. The van der Waals surface area contributed by atoms with E-state index in [4.69, 9.17) is 0 Å². The summed E-state index contributed by atoms with van der Waals surface area (Å²) >= 11 is 0. The maximum absolute atomic E-state index is 3.96. The molecule has 0 spiro atoms. The van der Waals surface area contributed by atoms with Crippen molar-refractivity contribution in [2.45, 2.75) is 80.7 Å². The molecule has 0 aromatic heterocycles. The van der Waals surface area contributed by atoms with E-state index in [2.05, 4.69) is 79.6 Å². The highest BCUT2D eigenvalue weighted by Crippen LogP contribution is 2.26. The minimum absolute atomic E-state index is 0.399. The summed E-state index contributed by atoms with van der Waals surface area (Å²) < 4.78 is 0. The van der Waals surface area contributed by atoms with Crippen LogP contribution in [0.1, 0.15) is 74.7 Å². The molecule has 23 heavy (non-hydrogen) atoms. The summed E-state index contributed by atoms with van der Waals surface area (Å²) in [6, 6.07) is 0.685. The van der Waals surface area contributed by atoms with Crippen LogP contribution in [-0.4, -0.2) is 24.5 Å². The summed E-state index contributed by atoms with van der Waals surface area (Å²) in [6.07, 6.45) is 7.95. The molecule has 0 aromatic carbocycles. The van der Waals surface area contributed by atoms with Crippen LogP contribution in [0.2, 0.25) is 0 Å². The van der Waals surface area contributed by atoms with Gasteiger partial charge in [0.1, 0.15) is 0 Å². The molecule has 0 aliphatic heterocycles. The Morgan fingerprint density at radius 3 is 2.09 bits per heavy atom. The van der Waals surface area contributed by atoms with Crippen LogP contribution < -0.4 is 0 Å². The zero-order valence-electron chi connectivity index (χ0n) is 17.5. The normalized spacial score (nSPS) is 13.6. The quantitative estimate of drug-likeness (QED) is 0.331. The molecule has 0 aliphatic rings. The highest BCUT2D eigenvalue weighted by atomic mass is 15.1. The summed E-state index contributed by atoms with van der Waals surface area (Å²) in [4.78, 5) is 2.42. The van der Waals surface area contributed by atoms with Crippen molar-refractivity contribution < 1.29 is 0 Å². The van der Waals surface area contributed by atoms with Crippen LogP contribution in [0.15, 0.2) is 36.5 Å². The maximum Gasteiger partial charge on any atom is 0.00355 e. The van der Waals surface area contributed by atoms with Crippen LogP contribution in [0.3, 0.4) is 0 Å². The summed E-state index contributed by atoms with van der Waals surface area (Å²) in [5.74, 6) is 0.399. The van der Waals surface area contributed by atoms with Gasteiger partial charge >= 0.3 is 0 Å². The Balaban J connectivity index is 0. The number of allylic oxidation sites excluding steroid dienone is 4. The molecule has 0 aliphatic carbocycles. The Morgan fingerprint density at radius 2 is 1.74 bits per heavy atom. The first kappa shape index (κ1) is 24.4. The summed E-state index contributed by atoms with van der Waals surface area (Å²) in [7, 11) is 2.21. The van der Waals surface area contributed by atoms with Crippen molar-refractivity contribution in [2.24, 2.45) is 11.3 Å². The lowest BCUT2D eigenvalue weighted by Gasteiger charge is -2.26. The molecule has 1 atom stereocenters. The van der Waals surface area contributed by atoms with E-state index in [1.54, 1.807) is 0 Å². The van der Waals surface area contributed by atoms with Gasteiger partial charge in [-0.15, -0.1) is 6.58 Å². The lowest BCUT2D eigenvalue weighted by atomic mass is 9.85. The van der Waals surface area contributed by atoms with Crippen molar-refractivity contribution >= 4 is 0 Å². The van der Waals surface area contributed by atoms with Crippen molar-refractivity contribution in [1.29, 1.82) is 0 Å². The zero-order chi connectivity index (χ0) is 18.6. The molecule has 0 heterocycles. The van der Waals surface area contributed by atoms with E-state index < -0.39 is 0 Å². The van der Waals surface area contributed by atoms with Gasteiger partial charge in [0, 0.05) is 6.04 Å². The van der Waals surface area contributed by atoms with E-state index >= 15 is 0 Å². The van der Waals surface area contributed by atoms with Gasteiger partial charge in [0.25, 0.3) is 0 Å². The van der Waals surface area contributed by atoms with Gasteiger partial charge in [-0.3, -0.25) is 0 Å². The van der Waals surface area contributed by atoms with Gasteiger partial charge < -0.3 is 4.90 Å². The fourth-order valence-corrected chi connectivity index (χ4v) is 1.93. The SMILES string of the molecule is C=C[C@@H](C)C(=C)/C(C)=C\C.CCC(C)(C)CCCN(C)C(C)C. The van der Waals surface area contributed by atoms with Gasteiger partial charge in [0.15, 0.2) is 0 Å². The van der Waals surface area contributed by atoms with Crippen molar-refractivity contribution in [3.8, 4) is 0 Å². The van der Waals surface area contributed by atoms with Crippen LogP contribution in [0.4, 0.5) is 0 Å². The van der Waals surface area contributed by atoms with Gasteiger partial charge in [-0.1, -0.05) is 58.4 Å². The smallest absolute Gasteiger partial charge is 0.00355 e. The highest BCUT2D eigenvalue weighted by Gasteiger charge is 2.14. The van der Waals surface area contributed by atoms with Crippen LogP contribution in [0.25, 0.3) is 0 Å². The number of rotatable bonds is 9. The molecule has 0 saturated heterocycles. The summed E-state index contributed by atoms with van der Waals surface area (Å²) in [5.41, 5.74) is 2.96. The molecule has 136 valence electrons. The van der Waals surface area contributed by atoms with Crippen LogP contribution in [0, 0.1) is 11.3 Å². The fraction of sp³-hybridized carbons (Fsp3) is 0.727. The van der Waals surface area contributed by atoms with Crippen molar-refractivity contribution in [3.63, 3.8) is 0 Å². The Kier molecular flexibility index (Phi) is 13.4. The second kappa shape index (κ2) is 12.6. The van der Waals surface area contributed by atoms with Gasteiger partial charge in [-0.2, -0.15) is 0 Å². The summed E-state index contributed by atoms with van der Waals surface area (Å²) in [5, 5.41) is 0. The third-order valence-electron chi connectivity index (χ3n) is 5.05. The highest BCUT2D eigenvalue weighted by molar-refractivity contribution is 5.29. The van der Waals surface area contributed by atoms with Crippen LogP contribution in [-0.2, 0) is 0 Å². The number of hydrogen-bond acceptors (Lipinski definition) is 1. The van der Waals surface area contributed by atoms with Gasteiger partial charge in [0.2, 0.25) is 0 Å². The van der Waals surface area contributed by atoms with E-state index in [9.17, 15) is 0 Å². The molecular weight excluding hydrogens is 278 g/mol. The third kappa shape index (κ3) is 12.3. The van der Waals surface area contributed by atoms with Crippen molar-refractivity contribution in [1.82, 2.24) is 4.90 Å². The average Bonchev–Trinajstić information content (AvgIpc) is 2.52. The molecule has 0 saturated carbocycles. The first-order valence-electron chi connectivity index (χ1n) is 9.17. The molecule has 0 aromatic rings. The molecule has 0 radical (unpaired) electrons. The third-order valence-corrected chi connectivity index (χ3v) is 5.05. The molecule has 0 fully saturated rings. The van der Waals surface area contributed by atoms with Gasteiger partial charge in [-0.25, -0.2) is 0 Å². The van der Waals surface area contributed by atoms with E-state index in [1.807, 2.05) is 13.0 Å². The summed E-state index contributed by atoms with van der Waals surface area (Å²) in [6.45, 7) is 26.6. The average molecular weight is 322 g/mol. The van der Waals surface area contributed by atoms with Gasteiger partial charge in [0.05, 0.1) is 0 Å². The van der Waals surface area contributed by atoms with Gasteiger partial charge in [-0.05, 0) is 71.0 Å². The molecule has 1 nitrogen and oxygen atoms in total. The number of nitrogens with zero attached hydrogens (tertiary/aromatic N) is 1. The van der Waals surface area contributed by atoms with E-state index in [0.29, 0.717) is 17.4 Å². The Hall–Kier alpha value is -0.820. The standard InChI is InChI=1S/C12H27N.C10H16/c1-7-12(4,5)9-8-10-13(6)11(2)3;1-6-8(3)10(5)9(4)7-2/h11H,7-10H2,1-6H3;6-8H,1,5H2,2-4H3/b;9-7-/t;8-/m.1/s1. The van der Waals surface area contributed by atoms with E-state index in [0.717, 1.165) is 5.57 Å². The molecule has 1 heteroatoms. The largest absolute Gasteiger partial charge is 0.304 e. The van der Waals surface area contributed by atoms with E-state index in [1.165, 1.54) is 31.4 Å². The lowest BCUT2D eigenvalue weighted by Crippen LogP contribution is -2.28. The molecule has 0 bridgehead atoms. The maximum atomic E-state index is 3.96. The first-order chi connectivity index (χ1) is 10.5. The monoisotopic (exact) mass is 321 g/mol. The first-order valence-corrected chi connectivity index (χ1v) is 9.17. The topological polar surface area (TPSA) is 3.24 Å². The minimum Gasteiger partial charge on any atom is -0.304 e. The lowest BCUT2D eigenvalue weighted by molar-refractivity contribution is 0.237. The van der Waals surface area contributed by atoms with E-state index in [-0.39, 0.29) is 0 Å². The Labute approximate surface area is 147 Å². The molecule has 0 amide bonds. The van der Waals surface area contributed by atoms with Crippen LogP contribution in [0.5, 0.6) is 0 Å². The molecular formula is C22H43N. The van der Waals surface area contributed by atoms with Crippen LogP contribution >= 0.6 is 0 Å². The molecule has 0 N–H and O–H groups in total. The fourth-order valence-electron chi connectivity index (χ4n) is 1.93. The zero-order valence-corrected chi connectivity index (χ0v) is 17.5.